The molecule has 1 rings (SSSR count). The third kappa shape index (κ3) is 2.87. The van der Waals surface area contributed by atoms with E-state index in [1.54, 1.807) is 0 Å². The molecule has 1 aromatic rings. The maximum absolute atomic E-state index is 6.09. The summed E-state index contributed by atoms with van der Waals surface area (Å²) in [6.45, 7) is 0.512. The lowest BCUT2D eigenvalue weighted by atomic mass is 10.1. The number of hydrogen-bond donors (Lipinski definition) is 1. The molecule has 0 saturated heterocycles. The average molecular weight is 215 g/mol. The van der Waals surface area contributed by atoms with Gasteiger partial charge < -0.3 is 9.74 Å². The second-order valence-corrected chi connectivity index (χ2v) is 3.71. The van der Waals surface area contributed by atoms with Gasteiger partial charge in [-0.2, -0.15) is 0 Å². The van der Waals surface area contributed by atoms with E-state index in [-0.39, 0.29) is 0 Å². The van der Waals surface area contributed by atoms with Crippen LogP contribution in [0, 0.1) is 0 Å². The SMILES string of the molecule is CN(C)c1ccc(CCON)cc1Cl. The number of anilines is 1. The molecule has 0 saturated carbocycles. The van der Waals surface area contributed by atoms with Crippen LogP contribution in [0.25, 0.3) is 0 Å². The molecule has 14 heavy (non-hydrogen) atoms. The summed E-state index contributed by atoms with van der Waals surface area (Å²) >= 11 is 6.09. The normalized spacial score (nSPS) is 10.3. The highest BCUT2D eigenvalue weighted by Gasteiger charge is 2.03. The predicted octanol–water partition coefficient (Wildman–Crippen LogP) is 1.84. The predicted molar refractivity (Wildman–Crippen MR) is 59.6 cm³/mol. The lowest BCUT2D eigenvalue weighted by molar-refractivity contribution is 0.141. The fourth-order valence-electron chi connectivity index (χ4n) is 1.25. The van der Waals surface area contributed by atoms with Crippen LogP contribution in [0.2, 0.25) is 5.02 Å². The van der Waals surface area contributed by atoms with Crippen LogP contribution in [0.15, 0.2) is 18.2 Å². The summed E-state index contributed by atoms with van der Waals surface area (Å²) in [6, 6.07) is 5.96. The summed E-state index contributed by atoms with van der Waals surface area (Å²) in [7, 11) is 3.92. The number of halogens is 1. The lowest BCUT2D eigenvalue weighted by Gasteiger charge is -2.14. The van der Waals surface area contributed by atoms with Gasteiger partial charge in [0.1, 0.15) is 0 Å². The van der Waals surface area contributed by atoms with E-state index in [0.717, 1.165) is 22.7 Å². The maximum atomic E-state index is 6.09. The van der Waals surface area contributed by atoms with Crippen LogP contribution >= 0.6 is 11.6 Å². The van der Waals surface area contributed by atoms with E-state index >= 15 is 0 Å². The Morgan fingerprint density at radius 1 is 1.43 bits per heavy atom. The monoisotopic (exact) mass is 214 g/mol. The number of rotatable bonds is 4. The van der Waals surface area contributed by atoms with Crippen LogP contribution in [0.4, 0.5) is 5.69 Å². The number of hydrogen-bond acceptors (Lipinski definition) is 3. The second kappa shape index (κ2) is 5.20. The number of benzene rings is 1. The Balaban J connectivity index is 2.78. The quantitative estimate of drug-likeness (QED) is 0.778. The molecule has 0 spiro atoms. The van der Waals surface area contributed by atoms with Gasteiger partial charge in [0.2, 0.25) is 0 Å². The van der Waals surface area contributed by atoms with Gasteiger partial charge in [0, 0.05) is 14.1 Å². The highest BCUT2D eigenvalue weighted by molar-refractivity contribution is 6.33. The molecule has 0 unspecified atom stereocenters. The molecule has 0 aliphatic carbocycles. The maximum Gasteiger partial charge on any atom is 0.0719 e. The van der Waals surface area contributed by atoms with Crippen molar-refractivity contribution in [3.05, 3.63) is 28.8 Å². The van der Waals surface area contributed by atoms with Gasteiger partial charge >= 0.3 is 0 Å². The first-order valence-corrected chi connectivity index (χ1v) is 4.80. The molecule has 0 aliphatic heterocycles. The molecule has 0 aliphatic rings. The Kier molecular flexibility index (Phi) is 4.20. The van der Waals surface area contributed by atoms with E-state index < -0.39 is 0 Å². The molecular formula is C10H15ClN2O. The molecule has 2 N–H and O–H groups in total. The van der Waals surface area contributed by atoms with Gasteiger partial charge in [0.15, 0.2) is 0 Å². The summed E-state index contributed by atoms with van der Waals surface area (Å²) in [5.41, 5.74) is 2.15. The summed E-state index contributed by atoms with van der Waals surface area (Å²) in [5.74, 6) is 4.95. The first-order valence-electron chi connectivity index (χ1n) is 4.42. The van der Waals surface area contributed by atoms with Crippen molar-refractivity contribution in [3.8, 4) is 0 Å². The van der Waals surface area contributed by atoms with E-state index in [9.17, 15) is 0 Å². The molecule has 78 valence electrons. The Morgan fingerprint density at radius 3 is 2.64 bits per heavy atom. The summed E-state index contributed by atoms with van der Waals surface area (Å²) < 4.78 is 0. The molecule has 0 radical (unpaired) electrons. The molecule has 0 aromatic heterocycles. The smallest absolute Gasteiger partial charge is 0.0719 e. The zero-order chi connectivity index (χ0) is 10.6. The third-order valence-corrected chi connectivity index (χ3v) is 2.31. The van der Waals surface area contributed by atoms with Crippen LogP contribution in [0.3, 0.4) is 0 Å². The zero-order valence-electron chi connectivity index (χ0n) is 8.46. The summed E-state index contributed by atoms with van der Waals surface area (Å²) in [5, 5.41) is 0.754. The average Bonchev–Trinajstić information content (AvgIpc) is 2.14. The molecule has 0 heterocycles. The van der Waals surface area contributed by atoms with Crippen molar-refractivity contribution in [2.45, 2.75) is 6.42 Å². The minimum absolute atomic E-state index is 0.512. The molecular weight excluding hydrogens is 200 g/mol. The van der Waals surface area contributed by atoms with Gasteiger partial charge in [-0.3, -0.25) is 0 Å². The number of nitrogens with zero attached hydrogens (tertiary/aromatic N) is 1. The highest BCUT2D eigenvalue weighted by atomic mass is 35.5. The van der Waals surface area contributed by atoms with Crippen molar-refractivity contribution in [2.24, 2.45) is 5.90 Å². The van der Waals surface area contributed by atoms with Gasteiger partial charge in [0.25, 0.3) is 0 Å². The van der Waals surface area contributed by atoms with Gasteiger partial charge in [0.05, 0.1) is 17.3 Å². The van der Waals surface area contributed by atoms with Gasteiger partial charge in [-0.25, -0.2) is 5.90 Å². The largest absolute Gasteiger partial charge is 0.376 e. The first kappa shape index (κ1) is 11.3. The number of nitrogens with two attached hydrogens (primary N) is 1. The first-order chi connectivity index (χ1) is 6.65. The van der Waals surface area contributed by atoms with Gasteiger partial charge in [-0.1, -0.05) is 17.7 Å². The van der Waals surface area contributed by atoms with E-state index in [4.69, 9.17) is 17.5 Å². The van der Waals surface area contributed by atoms with Crippen LogP contribution in [-0.4, -0.2) is 20.7 Å². The summed E-state index contributed by atoms with van der Waals surface area (Å²) in [4.78, 5) is 6.49. The molecule has 0 fully saturated rings. The van der Waals surface area contributed by atoms with Crippen molar-refractivity contribution in [1.29, 1.82) is 0 Å². The highest BCUT2D eigenvalue weighted by Crippen LogP contribution is 2.25. The fraction of sp³-hybridized carbons (Fsp3) is 0.400. The minimum Gasteiger partial charge on any atom is -0.376 e. The minimum atomic E-state index is 0.512. The van der Waals surface area contributed by atoms with E-state index in [1.165, 1.54) is 0 Å². The van der Waals surface area contributed by atoms with Crippen molar-refractivity contribution >= 4 is 17.3 Å². The molecule has 0 amide bonds. The van der Waals surface area contributed by atoms with Crippen LogP contribution in [0.1, 0.15) is 5.56 Å². The zero-order valence-corrected chi connectivity index (χ0v) is 9.21. The third-order valence-electron chi connectivity index (χ3n) is 2.00. The van der Waals surface area contributed by atoms with Crippen LogP contribution in [0.5, 0.6) is 0 Å². The van der Waals surface area contributed by atoms with E-state index in [2.05, 4.69) is 4.84 Å². The van der Waals surface area contributed by atoms with Crippen LogP contribution < -0.4 is 10.8 Å². The van der Waals surface area contributed by atoms with E-state index in [0.29, 0.717) is 6.61 Å². The summed E-state index contributed by atoms with van der Waals surface area (Å²) in [6.07, 6.45) is 0.782. The Bertz CT molecular complexity index is 302. The van der Waals surface area contributed by atoms with E-state index in [1.807, 2.05) is 37.2 Å². The van der Waals surface area contributed by atoms with Crippen molar-refractivity contribution in [3.63, 3.8) is 0 Å². The standard InChI is InChI=1S/C10H15ClN2O/c1-13(2)10-4-3-8(5-6-14-12)7-9(10)11/h3-4,7H,5-6,12H2,1-2H3. The Morgan fingerprint density at radius 2 is 2.14 bits per heavy atom. The molecule has 4 heteroatoms. The van der Waals surface area contributed by atoms with Gasteiger partial charge in [-0.05, 0) is 24.1 Å². The van der Waals surface area contributed by atoms with Crippen molar-refractivity contribution < 1.29 is 4.84 Å². The topological polar surface area (TPSA) is 38.5 Å². The van der Waals surface area contributed by atoms with Crippen molar-refractivity contribution in [1.82, 2.24) is 0 Å². The molecule has 0 bridgehead atoms. The molecule has 0 atom stereocenters. The van der Waals surface area contributed by atoms with Crippen molar-refractivity contribution in [2.75, 3.05) is 25.6 Å². The fourth-order valence-corrected chi connectivity index (χ4v) is 1.62. The lowest BCUT2D eigenvalue weighted by Crippen LogP contribution is -2.09. The second-order valence-electron chi connectivity index (χ2n) is 3.30. The van der Waals surface area contributed by atoms with Gasteiger partial charge in [-0.15, -0.1) is 0 Å². The van der Waals surface area contributed by atoms with Crippen LogP contribution in [-0.2, 0) is 11.3 Å². The Labute approximate surface area is 89.4 Å². The Hall–Kier alpha value is -0.770. The molecule has 1 aromatic carbocycles. The molecule has 3 nitrogen and oxygen atoms in total.